The number of hydrogen-bond acceptors (Lipinski definition) is 6. The molecule has 2 aliphatic heterocycles. The highest BCUT2D eigenvalue weighted by Gasteiger charge is 2.45. The number of carbonyl (C=O) groups is 2. The maximum atomic E-state index is 13.6. The molecule has 0 bridgehead atoms. The number of ether oxygens (including phenoxy) is 1. The monoisotopic (exact) mass is 590 g/mol. The molecule has 0 spiro atoms. The Hall–Kier alpha value is -2.66. The smallest absolute Gasteiger partial charge is 0.243 e. The molecule has 1 saturated heterocycles. The van der Waals surface area contributed by atoms with Gasteiger partial charge in [-0.15, -0.1) is 0 Å². The van der Waals surface area contributed by atoms with E-state index in [-0.39, 0.29) is 29.4 Å². The zero-order chi connectivity index (χ0) is 29.5. The quantitative estimate of drug-likeness (QED) is 0.451. The second kappa shape index (κ2) is 11.3. The highest BCUT2D eigenvalue weighted by Crippen LogP contribution is 2.37. The molecule has 2 aliphatic rings. The van der Waals surface area contributed by atoms with Crippen LogP contribution in [0.15, 0.2) is 41.3 Å². The van der Waals surface area contributed by atoms with Gasteiger partial charge in [0.25, 0.3) is 0 Å². The van der Waals surface area contributed by atoms with E-state index >= 15 is 0 Å². The van der Waals surface area contributed by atoms with E-state index in [9.17, 15) is 18.0 Å². The highest BCUT2D eigenvalue weighted by atomic mass is 35.5. The van der Waals surface area contributed by atoms with Crippen LogP contribution in [0.5, 0.6) is 5.75 Å². The fraction of sp³-hybridized carbons (Fsp3) is 0.517. The summed E-state index contributed by atoms with van der Waals surface area (Å²) in [4.78, 5) is 26.6. The van der Waals surface area contributed by atoms with Crippen LogP contribution in [0.25, 0.3) is 0 Å². The summed E-state index contributed by atoms with van der Waals surface area (Å²) in [6, 6.07) is 8.59. The number of piperazine rings is 1. The number of carbonyl (C=O) groups excluding carboxylic acids is 2. The molecule has 11 heteroatoms. The molecule has 4 rings (SSSR count). The number of fused-ring (bicyclic) bond motifs is 1. The van der Waals surface area contributed by atoms with E-state index in [1.165, 1.54) is 12.1 Å². The minimum atomic E-state index is -4.04. The minimum absolute atomic E-state index is 0.0357. The van der Waals surface area contributed by atoms with Crippen molar-refractivity contribution in [3.63, 3.8) is 0 Å². The number of aryl methyl sites for hydroxylation is 1. The number of nitrogens with zero attached hydrogens (tertiary/aromatic N) is 1. The topological polar surface area (TPSA) is 117 Å². The normalized spacial score (nSPS) is 21.2. The Kier molecular flexibility index (Phi) is 8.57. The third-order valence-electron chi connectivity index (χ3n) is 7.03. The van der Waals surface area contributed by atoms with E-state index in [2.05, 4.69) is 36.7 Å². The zero-order valence-corrected chi connectivity index (χ0v) is 25.5. The van der Waals surface area contributed by atoms with Crippen molar-refractivity contribution < 1.29 is 22.7 Å². The summed E-state index contributed by atoms with van der Waals surface area (Å²) in [6.45, 7) is 12.6. The van der Waals surface area contributed by atoms with Crippen molar-refractivity contribution in [1.29, 1.82) is 0 Å². The van der Waals surface area contributed by atoms with Gasteiger partial charge in [0.2, 0.25) is 21.8 Å². The molecule has 1 unspecified atom stereocenters. The summed E-state index contributed by atoms with van der Waals surface area (Å²) >= 11 is 6.60. The molecule has 3 N–H and O–H groups in total. The van der Waals surface area contributed by atoms with Crippen LogP contribution >= 0.6 is 11.6 Å². The molecule has 2 atom stereocenters. The Bertz CT molecular complexity index is 1390. The molecule has 0 radical (unpaired) electrons. The zero-order valence-electron chi connectivity index (χ0n) is 23.9. The molecule has 2 aromatic rings. The molecule has 2 aromatic carbocycles. The van der Waals surface area contributed by atoms with Crippen molar-refractivity contribution in [2.24, 2.45) is 0 Å². The van der Waals surface area contributed by atoms with E-state index in [1.807, 2.05) is 19.1 Å². The van der Waals surface area contributed by atoms with Gasteiger partial charge in [0, 0.05) is 41.2 Å². The van der Waals surface area contributed by atoms with Crippen LogP contribution in [0.2, 0.25) is 5.02 Å². The van der Waals surface area contributed by atoms with Gasteiger partial charge in [-0.3, -0.25) is 9.59 Å². The lowest BCUT2D eigenvalue weighted by Gasteiger charge is -2.42. The summed E-state index contributed by atoms with van der Waals surface area (Å²) in [5, 5.41) is 9.83. The van der Waals surface area contributed by atoms with E-state index in [0.29, 0.717) is 30.3 Å². The van der Waals surface area contributed by atoms with Gasteiger partial charge in [-0.25, -0.2) is 8.42 Å². The van der Waals surface area contributed by atoms with Crippen LogP contribution in [0.3, 0.4) is 0 Å². The van der Waals surface area contributed by atoms with E-state index in [0.717, 1.165) is 21.0 Å². The molecule has 9 nitrogen and oxygen atoms in total. The Morgan fingerprint density at radius 3 is 2.52 bits per heavy atom. The van der Waals surface area contributed by atoms with Crippen molar-refractivity contribution in [1.82, 2.24) is 20.3 Å². The van der Waals surface area contributed by atoms with Crippen LogP contribution in [-0.2, 0) is 26.2 Å². The second-order valence-electron chi connectivity index (χ2n) is 12.3. The van der Waals surface area contributed by atoms with Crippen LogP contribution in [-0.4, -0.2) is 54.8 Å². The van der Waals surface area contributed by atoms with Gasteiger partial charge in [-0.05, 0) is 71.4 Å². The molecule has 0 aliphatic carbocycles. The largest absolute Gasteiger partial charge is 0.493 e. The maximum Gasteiger partial charge on any atom is 0.243 e. The number of amides is 2. The van der Waals surface area contributed by atoms with Gasteiger partial charge >= 0.3 is 0 Å². The van der Waals surface area contributed by atoms with E-state index in [1.54, 1.807) is 26.0 Å². The summed E-state index contributed by atoms with van der Waals surface area (Å²) in [5.41, 5.74) is 1.68. The fourth-order valence-corrected chi connectivity index (χ4v) is 6.89. The number of sulfonamides is 1. The van der Waals surface area contributed by atoms with Crippen LogP contribution in [0, 0.1) is 6.92 Å². The van der Waals surface area contributed by atoms with E-state index < -0.39 is 33.4 Å². The summed E-state index contributed by atoms with van der Waals surface area (Å²) < 4.78 is 34.3. The van der Waals surface area contributed by atoms with Crippen LogP contribution < -0.4 is 20.7 Å². The summed E-state index contributed by atoms with van der Waals surface area (Å²) in [6.07, 6.45) is 0.199. The van der Waals surface area contributed by atoms with Gasteiger partial charge in [-0.2, -0.15) is 4.31 Å². The first kappa shape index (κ1) is 30.3. The second-order valence-corrected chi connectivity index (χ2v) is 14.6. The first-order valence-electron chi connectivity index (χ1n) is 13.5. The van der Waals surface area contributed by atoms with Gasteiger partial charge in [-0.1, -0.05) is 29.3 Å². The summed E-state index contributed by atoms with van der Waals surface area (Å²) in [7, 11) is -4.04. The van der Waals surface area contributed by atoms with Crippen molar-refractivity contribution in [3.8, 4) is 5.75 Å². The average molecular weight is 591 g/mol. The SMILES string of the molecule is Cc1ccc(S(=O)(=O)N2CC(C)(C)NC(=O)C2CC(=O)N[C@@H]2CCOc3cc(CNC(C)(C)C)c(Cl)cc32)cc1. The standard InChI is InChI=1S/C29H39ClN4O5S/c1-18-7-9-20(10-8-18)40(37,38)34-17-29(5,6)33-27(36)24(34)15-26(35)32-23-11-12-39-25-13-19(16-31-28(2,3)4)22(30)14-21(23)25/h7-10,13-14,23-24,31H,11-12,15-17H2,1-6H3,(H,32,35)(H,33,36)/t23-,24?/m1/s1. The van der Waals surface area contributed by atoms with Gasteiger partial charge < -0.3 is 20.7 Å². The van der Waals surface area contributed by atoms with Crippen molar-refractivity contribution in [3.05, 3.63) is 58.1 Å². The molecule has 40 heavy (non-hydrogen) atoms. The molecule has 2 amide bonds. The highest BCUT2D eigenvalue weighted by molar-refractivity contribution is 7.89. The van der Waals surface area contributed by atoms with Gasteiger partial charge in [0.1, 0.15) is 11.8 Å². The molecule has 0 aromatic heterocycles. The Morgan fingerprint density at radius 2 is 1.88 bits per heavy atom. The third-order valence-corrected chi connectivity index (χ3v) is 9.25. The lowest BCUT2D eigenvalue weighted by atomic mass is 9.97. The number of rotatable bonds is 7. The first-order valence-corrected chi connectivity index (χ1v) is 15.3. The van der Waals surface area contributed by atoms with E-state index in [4.69, 9.17) is 16.3 Å². The Balaban J connectivity index is 1.54. The molecule has 2 heterocycles. The summed E-state index contributed by atoms with van der Waals surface area (Å²) in [5.74, 6) is -0.294. The van der Waals surface area contributed by atoms with Crippen LogP contribution in [0.1, 0.15) is 70.2 Å². The number of nitrogens with one attached hydrogen (secondary N) is 3. The van der Waals surface area contributed by atoms with Crippen molar-refractivity contribution >= 4 is 33.4 Å². The Labute approximate surface area is 242 Å². The molecular formula is C29H39ClN4O5S. The first-order chi connectivity index (χ1) is 18.6. The van der Waals surface area contributed by atoms with Gasteiger partial charge in [0.05, 0.1) is 24.0 Å². The molecule has 1 fully saturated rings. The number of hydrogen-bond donors (Lipinski definition) is 3. The van der Waals surface area contributed by atoms with Crippen molar-refractivity contribution in [2.75, 3.05) is 13.2 Å². The predicted octanol–water partition coefficient (Wildman–Crippen LogP) is 3.83. The average Bonchev–Trinajstić information content (AvgIpc) is 2.84. The van der Waals surface area contributed by atoms with Crippen LogP contribution in [0.4, 0.5) is 0 Å². The lowest BCUT2D eigenvalue weighted by molar-refractivity contribution is -0.134. The molecular weight excluding hydrogens is 552 g/mol. The van der Waals surface area contributed by atoms with Crippen molar-refractivity contribution in [2.45, 2.75) is 89.0 Å². The third kappa shape index (κ3) is 6.97. The number of halogens is 1. The molecule has 0 saturated carbocycles. The lowest BCUT2D eigenvalue weighted by Crippen LogP contribution is -2.66. The molecule has 218 valence electrons. The predicted molar refractivity (Wildman–Crippen MR) is 155 cm³/mol. The van der Waals surface area contributed by atoms with Gasteiger partial charge in [0.15, 0.2) is 0 Å². The Morgan fingerprint density at radius 1 is 1.20 bits per heavy atom. The number of benzene rings is 2. The minimum Gasteiger partial charge on any atom is -0.493 e. The maximum absolute atomic E-state index is 13.6. The fourth-order valence-electron chi connectivity index (χ4n) is 4.90.